The van der Waals surface area contributed by atoms with Crippen LogP contribution < -0.4 is 16.0 Å². The van der Waals surface area contributed by atoms with Gasteiger partial charge in [0.05, 0.1) is 25.9 Å². The number of amides is 3. The predicted molar refractivity (Wildman–Crippen MR) is 252 cm³/mol. The van der Waals surface area contributed by atoms with E-state index in [0.717, 1.165) is 16.3 Å². The molecular weight excluding hydrogens is 937 g/mol. The number of fused-ring (bicyclic) bond motifs is 1. The molecule has 3 atom stereocenters. The van der Waals surface area contributed by atoms with Crippen molar-refractivity contribution in [2.45, 2.75) is 168 Å². The summed E-state index contributed by atoms with van der Waals surface area (Å²) in [5.41, 5.74) is -1.96. The second-order valence-corrected chi connectivity index (χ2v) is 20.9. The van der Waals surface area contributed by atoms with Crippen molar-refractivity contribution in [3.05, 3.63) is 48.0 Å². The van der Waals surface area contributed by atoms with Crippen molar-refractivity contribution in [3.8, 4) is 0 Å². The van der Waals surface area contributed by atoms with Crippen molar-refractivity contribution in [3.63, 3.8) is 0 Å². The number of hydrogen-bond acceptors (Lipinski definition) is 12. The lowest BCUT2D eigenvalue weighted by Gasteiger charge is -2.42. The molecule has 2 aromatic rings. The molecule has 1 heterocycles. The molecule has 1 saturated heterocycles. The molecule has 2 aromatic carbocycles. The molecule has 0 bridgehead atoms. The highest BCUT2D eigenvalue weighted by molar-refractivity contribution is 14.1. The molecule has 64 heavy (non-hydrogen) atoms. The van der Waals surface area contributed by atoms with E-state index in [9.17, 15) is 28.8 Å². The van der Waals surface area contributed by atoms with Crippen LogP contribution in [0, 0.1) is 5.41 Å². The molecule has 1 fully saturated rings. The highest BCUT2D eigenvalue weighted by Crippen LogP contribution is 2.32. The summed E-state index contributed by atoms with van der Waals surface area (Å²) in [4.78, 5) is 79.5. The van der Waals surface area contributed by atoms with E-state index in [1.807, 2.05) is 56.3 Å². The lowest BCUT2D eigenvalue weighted by Crippen LogP contribution is -2.53. The van der Waals surface area contributed by atoms with Crippen molar-refractivity contribution < 1.29 is 57.2 Å². The van der Waals surface area contributed by atoms with Crippen LogP contribution in [0.5, 0.6) is 0 Å². The number of halogens is 1. The Morgan fingerprint density at radius 2 is 1.25 bits per heavy atom. The Kier molecular flexibility index (Phi) is 20.5. The molecule has 1 unspecified atom stereocenters. The number of carbonyl (C=O) groups is 6. The van der Waals surface area contributed by atoms with Gasteiger partial charge >= 0.3 is 23.9 Å². The van der Waals surface area contributed by atoms with Crippen LogP contribution in [0.15, 0.2) is 42.5 Å². The summed E-state index contributed by atoms with van der Waals surface area (Å²) in [5.74, 6) is -3.21. The summed E-state index contributed by atoms with van der Waals surface area (Å²) in [6, 6.07) is 9.94. The van der Waals surface area contributed by atoms with Gasteiger partial charge in [-0.05, 0) is 118 Å². The largest absolute Gasteiger partial charge is 0.460 e. The molecule has 3 amide bonds. The smallest absolute Gasteiger partial charge is 0.329 e. The number of ether oxygens (including phenoxy) is 6. The van der Waals surface area contributed by atoms with Crippen LogP contribution in [0.25, 0.3) is 10.8 Å². The van der Waals surface area contributed by atoms with Crippen LogP contribution in [0.3, 0.4) is 0 Å². The first-order valence-corrected chi connectivity index (χ1v) is 23.7. The van der Waals surface area contributed by atoms with Crippen molar-refractivity contribution >= 4 is 69.0 Å². The number of nitrogens with one attached hydrogen (secondary N) is 3. The monoisotopic (exact) mass is 1010 g/mol. The van der Waals surface area contributed by atoms with Crippen LogP contribution in [-0.4, -0.2) is 107 Å². The van der Waals surface area contributed by atoms with E-state index in [1.165, 1.54) is 0 Å². The molecule has 0 saturated carbocycles. The van der Waals surface area contributed by atoms with Crippen LogP contribution in [0.1, 0.15) is 127 Å². The Hall–Kier alpha value is -3.87. The minimum Gasteiger partial charge on any atom is -0.460 e. The maximum Gasteiger partial charge on any atom is 0.329 e. The third kappa shape index (κ3) is 20.5. The maximum absolute atomic E-state index is 13.8. The standard InChI is InChI=1S/C48H72IN3O12/c1-44(2,3)62-40(55)24-23-36(42(57)64-46(7,8)9)52-43(58)51-35(41(56)63-45(4,5)6)19-13-12-14-20-38(53)37(26-32-21-22-33-17-15-16-18-34(33)25-32)50-39(54)27-59-29-48(28-49)30-60-47(10,11)61-31-48/h15-18,21-22,25,35-37H,12-14,19-20,23-24,26-31H2,1-11H3,(H,50,54)(H2,51,52,58)/t35-,36-,37?/m0/s1. The van der Waals surface area contributed by atoms with Gasteiger partial charge in [-0.2, -0.15) is 0 Å². The minimum atomic E-state index is -1.21. The van der Waals surface area contributed by atoms with Crippen LogP contribution in [-0.2, 0) is 58.8 Å². The van der Waals surface area contributed by atoms with Crippen molar-refractivity contribution in [1.82, 2.24) is 16.0 Å². The SMILES string of the molecule is CC(C)(C)OC(=O)CC[C@H](NC(=O)N[C@@H](CCCCCC(=O)C(Cc1ccc2ccccc2c1)NC(=O)COCC1(CI)COC(C)(C)OC1)C(=O)OC(C)(C)C)C(=O)OC(C)(C)C. The van der Waals surface area contributed by atoms with Gasteiger partial charge in [0, 0.05) is 22.7 Å². The van der Waals surface area contributed by atoms with Crippen molar-refractivity contribution in [2.24, 2.45) is 5.41 Å². The number of benzene rings is 2. The Morgan fingerprint density at radius 3 is 1.81 bits per heavy atom. The van der Waals surface area contributed by atoms with Gasteiger partial charge in [0.1, 0.15) is 35.5 Å². The van der Waals surface area contributed by atoms with Crippen LogP contribution in [0.4, 0.5) is 4.79 Å². The molecule has 0 aromatic heterocycles. The summed E-state index contributed by atoms with van der Waals surface area (Å²) in [6.07, 6.45) is 1.75. The van der Waals surface area contributed by atoms with E-state index >= 15 is 0 Å². The Balaban J connectivity index is 1.65. The molecular formula is C48H72IN3O12. The Bertz CT molecular complexity index is 1890. The normalized spacial score (nSPS) is 16.4. The maximum atomic E-state index is 13.8. The number of hydrogen-bond donors (Lipinski definition) is 3. The van der Waals surface area contributed by atoms with E-state index in [4.69, 9.17) is 28.4 Å². The van der Waals surface area contributed by atoms with E-state index in [1.54, 1.807) is 62.3 Å². The van der Waals surface area contributed by atoms with Gasteiger partial charge in [-0.15, -0.1) is 0 Å². The zero-order chi connectivity index (χ0) is 47.9. The predicted octanol–water partition coefficient (Wildman–Crippen LogP) is 7.45. The average molecular weight is 1010 g/mol. The number of alkyl halides is 1. The summed E-state index contributed by atoms with van der Waals surface area (Å²) >= 11 is 2.27. The van der Waals surface area contributed by atoms with Gasteiger partial charge in [0.15, 0.2) is 11.6 Å². The average Bonchev–Trinajstić information content (AvgIpc) is 3.17. The minimum absolute atomic E-state index is 0.0968. The lowest BCUT2D eigenvalue weighted by atomic mass is 9.93. The van der Waals surface area contributed by atoms with Gasteiger partial charge in [0.2, 0.25) is 5.91 Å². The van der Waals surface area contributed by atoms with E-state index in [2.05, 4.69) is 38.5 Å². The summed E-state index contributed by atoms with van der Waals surface area (Å²) in [7, 11) is 0. The molecule has 0 aliphatic carbocycles. The molecule has 0 radical (unpaired) electrons. The highest BCUT2D eigenvalue weighted by Gasteiger charge is 2.40. The number of Topliss-reactive ketones (excluding diaryl/α,β-unsaturated/α-hetero) is 1. The topological polar surface area (TPSA) is 194 Å². The highest BCUT2D eigenvalue weighted by atomic mass is 127. The Labute approximate surface area is 393 Å². The first-order chi connectivity index (χ1) is 29.7. The van der Waals surface area contributed by atoms with Gasteiger partial charge < -0.3 is 44.4 Å². The van der Waals surface area contributed by atoms with Gasteiger partial charge in [-0.25, -0.2) is 14.4 Å². The quantitative estimate of drug-likeness (QED) is 0.0348. The van der Waals surface area contributed by atoms with E-state index in [0.29, 0.717) is 36.9 Å². The second-order valence-electron chi connectivity index (χ2n) is 20.1. The van der Waals surface area contributed by atoms with Gasteiger partial charge in [0.25, 0.3) is 0 Å². The summed E-state index contributed by atoms with van der Waals surface area (Å²) in [6.45, 7) is 20.0. The molecule has 0 spiro atoms. The lowest BCUT2D eigenvalue weighted by molar-refractivity contribution is -0.286. The molecule has 1 aliphatic rings. The number of urea groups is 1. The number of esters is 3. The Morgan fingerprint density at radius 1 is 0.688 bits per heavy atom. The molecule has 358 valence electrons. The number of ketones is 1. The molecule has 1 aliphatic heterocycles. The van der Waals surface area contributed by atoms with Crippen LogP contribution >= 0.6 is 22.6 Å². The molecule has 3 rings (SSSR count). The van der Waals surface area contributed by atoms with E-state index in [-0.39, 0.29) is 51.1 Å². The fourth-order valence-electron chi connectivity index (χ4n) is 6.63. The first-order valence-electron chi connectivity index (χ1n) is 22.1. The van der Waals surface area contributed by atoms with Gasteiger partial charge in [-0.3, -0.25) is 14.4 Å². The second kappa shape index (κ2) is 24.1. The third-order valence-corrected chi connectivity index (χ3v) is 11.4. The number of carbonyl (C=O) groups excluding carboxylic acids is 6. The van der Waals surface area contributed by atoms with Crippen molar-refractivity contribution in [2.75, 3.05) is 30.9 Å². The number of unbranched alkanes of at least 4 members (excludes halogenated alkanes) is 2. The molecule has 16 heteroatoms. The summed E-state index contributed by atoms with van der Waals surface area (Å²) < 4.78 is 34.9. The van der Waals surface area contributed by atoms with Crippen LogP contribution in [0.2, 0.25) is 0 Å². The zero-order valence-electron chi connectivity index (χ0n) is 39.7. The van der Waals surface area contributed by atoms with E-state index < -0.39 is 76.0 Å². The molecule has 3 N–H and O–H groups in total. The fraction of sp³-hybridized carbons (Fsp3) is 0.667. The van der Waals surface area contributed by atoms with Gasteiger partial charge in [-0.1, -0.05) is 77.9 Å². The number of rotatable bonds is 22. The summed E-state index contributed by atoms with van der Waals surface area (Å²) in [5, 5.41) is 10.2. The third-order valence-electron chi connectivity index (χ3n) is 9.82. The fourth-order valence-corrected chi connectivity index (χ4v) is 7.30. The first kappa shape index (κ1) is 54.5. The zero-order valence-corrected chi connectivity index (χ0v) is 41.9. The van der Waals surface area contributed by atoms with Crippen molar-refractivity contribution in [1.29, 1.82) is 0 Å². The molecule has 15 nitrogen and oxygen atoms in total.